The lowest BCUT2D eigenvalue weighted by molar-refractivity contribution is 0.304. The molecule has 4 rings (SSSR count). The third-order valence-electron chi connectivity index (χ3n) is 5.46. The van der Waals surface area contributed by atoms with Crippen molar-refractivity contribution in [3.8, 4) is 5.75 Å². The van der Waals surface area contributed by atoms with E-state index in [9.17, 15) is 8.42 Å². The number of benzene rings is 2. The minimum absolute atomic E-state index is 0.321. The first-order valence-electron chi connectivity index (χ1n) is 10.4. The lowest BCUT2D eigenvalue weighted by atomic mass is 10.2. The quantitative estimate of drug-likeness (QED) is 0.631. The summed E-state index contributed by atoms with van der Waals surface area (Å²) >= 11 is 1.69. The fraction of sp³-hybridized carbons (Fsp3) is 0.455. The van der Waals surface area contributed by atoms with E-state index < -0.39 is 10.0 Å². The van der Waals surface area contributed by atoms with Crippen LogP contribution in [0.4, 0.5) is 5.69 Å². The summed E-state index contributed by atoms with van der Waals surface area (Å²) in [6, 6.07) is 15.1. The van der Waals surface area contributed by atoms with Gasteiger partial charge in [-0.2, -0.15) is 0 Å². The Kier molecular flexibility index (Phi) is 6.67. The van der Waals surface area contributed by atoms with Crippen LogP contribution in [0.1, 0.15) is 32.1 Å². The summed E-state index contributed by atoms with van der Waals surface area (Å²) in [5, 5.41) is 3.59. The van der Waals surface area contributed by atoms with Crippen LogP contribution in [0.3, 0.4) is 0 Å². The number of hydrogen-bond acceptors (Lipinski definition) is 5. The van der Waals surface area contributed by atoms with Gasteiger partial charge in [0.1, 0.15) is 5.75 Å². The van der Waals surface area contributed by atoms with Gasteiger partial charge in [-0.3, -0.25) is 4.31 Å². The van der Waals surface area contributed by atoms with Gasteiger partial charge in [0.25, 0.3) is 10.0 Å². The van der Waals surface area contributed by atoms with Crippen LogP contribution in [0.2, 0.25) is 0 Å². The van der Waals surface area contributed by atoms with E-state index in [1.807, 2.05) is 24.3 Å². The molecule has 1 fully saturated rings. The van der Waals surface area contributed by atoms with Crippen molar-refractivity contribution < 1.29 is 13.2 Å². The number of anilines is 1. The van der Waals surface area contributed by atoms with E-state index in [1.165, 1.54) is 30.0 Å². The first-order chi connectivity index (χ1) is 14.1. The summed E-state index contributed by atoms with van der Waals surface area (Å²) in [5.41, 5.74) is 0.715. The van der Waals surface area contributed by atoms with Crippen LogP contribution in [0.15, 0.2) is 58.3 Å². The van der Waals surface area contributed by atoms with Gasteiger partial charge in [0, 0.05) is 29.3 Å². The fourth-order valence-electron chi connectivity index (χ4n) is 3.93. The second-order valence-corrected chi connectivity index (χ2v) is 10.5. The molecule has 0 amide bonds. The molecule has 29 heavy (non-hydrogen) atoms. The van der Waals surface area contributed by atoms with Gasteiger partial charge >= 0.3 is 0 Å². The van der Waals surface area contributed by atoms with Crippen LogP contribution in [0, 0.1) is 0 Å². The standard InChI is InChI=1S/C22H28N2O3S2/c25-29(26,20-9-2-1-3-10-20)24-14-16-28-22-12-11-19(17-21(22)24)27-15-6-13-23-18-7-4-5-8-18/h1-3,9-12,17-18,23H,4-8,13-16H2. The second-order valence-electron chi connectivity index (χ2n) is 7.51. The first-order valence-corrected chi connectivity index (χ1v) is 12.8. The molecule has 1 heterocycles. The lowest BCUT2D eigenvalue weighted by Gasteiger charge is -2.30. The van der Waals surface area contributed by atoms with Crippen LogP contribution in [0.5, 0.6) is 5.75 Å². The number of fused-ring (bicyclic) bond motifs is 1. The van der Waals surface area contributed by atoms with Crippen LogP contribution in [0.25, 0.3) is 0 Å². The molecule has 1 saturated carbocycles. The molecule has 0 atom stereocenters. The zero-order valence-electron chi connectivity index (χ0n) is 16.5. The Balaban J connectivity index is 1.41. The molecule has 0 spiro atoms. The minimum atomic E-state index is -3.58. The van der Waals surface area contributed by atoms with Gasteiger partial charge < -0.3 is 10.1 Å². The second kappa shape index (κ2) is 9.41. The number of thioether (sulfide) groups is 1. The average Bonchev–Trinajstić information content (AvgIpc) is 3.27. The van der Waals surface area contributed by atoms with E-state index in [1.54, 1.807) is 36.0 Å². The number of sulfonamides is 1. The molecule has 7 heteroatoms. The molecule has 1 N–H and O–H groups in total. The number of ether oxygens (including phenoxy) is 1. The molecule has 5 nitrogen and oxygen atoms in total. The predicted octanol–water partition coefficient (Wildman–Crippen LogP) is 4.29. The van der Waals surface area contributed by atoms with Gasteiger partial charge in [-0.05, 0) is 50.1 Å². The molecule has 2 aliphatic rings. The highest BCUT2D eigenvalue weighted by Gasteiger charge is 2.29. The van der Waals surface area contributed by atoms with Crippen LogP contribution in [-0.2, 0) is 10.0 Å². The summed E-state index contributed by atoms with van der Waals surface area (Å²) in [7, 11) is -3.58. The SMILES string of the molecule is O=S(=O)(c1ccccc1)N1CCSc2ccc(OCCCNC3CCCC3)cc21. The Morgan fingerprint density at radius 3 is 2.69 bits per heavy atom. The highest BCUT2D eigenvalue weighted by Crippen LogP contribution is 2.39. The van der Waals surface area contributed by atoms with Crippen molar-refractivity contribution in [3.05, 3.63) is 48.5 Å². The van der Waals surface area contributed by atoms with E-state index in [2.05, 4.69) is 5.32 Å². The average molecular weight is 433 g/mol. The molecule has 0 aromatic heterocycles. The van der Waals surface area contributed by atoms with Gasteiger partial charge in [0.15, 0.2) is 0 Å². The zero-order chi connectivity index (χ0) is 20.1. The molecule has 1 aliphatic heterocycles. The van der Waals surface area contributed by atoms with Crippen molar-refractivity contribution in [1.29, 1.82) is 0 Å². The Hall–Kier alpha value is -1.70. The molecule has 0 bridgehead atoms. The largest absolute Gasteiger partial charge is 0.493 e. The van der Waals surface area contributed by atoms with Crippen molar-refractivity contribution in [3.63, 3.8) is 0 Å². The van der Waals surface area contributed by atoms with E-state index in [0.29, 0.717) is 29.8 Å². The van der Waals surface area contributed by atoms with Crippen LogP contribution >= 0.6 is 11.8 Å². The number of nitrogens with one attached hydrogen (secondary N) is 1. The Morgan fingerprint density at radius 1 is 1.10 bits per heavy atom. The summed E-state index contributed by atoms with van der Waals surface area (Å²) in [6.45, 7) is 2.04. The van der Waals surface area contributed by atoms with E-state index >= 15 is 0 Å². The Labute approximate surface area is 177 Å². The topological polar surface area (TPSA) is 58.6 Å². The van der Waals surface area contributed by atoms with E-state index in [4.69, 9.17) is 4.74 Å². The minimum Gasteiger partial charge on any atom is -0.493 e. The van der Waals surface area contributed by atoms with Crippen molar-refractivity contribution in [1.82, 2.24) is 5.32 Å². The Bertz CT molecular complexity index is 913. The van der Waals surface area contributed by atoms with Gasteiger partial charge in [-0.25, -0.2) is 8.42 Å². The number of nitrogens with zero attached hydrogens (tertiary/aromatic N) is 1. The molecular formula is C22H28N2O3S2. The van der Waals surface area contributed by atoms with Gasteiger partial charge in [0.2, 0.25) is 0 Å². The van der Waals surface area contributed by atoms with Gasteiger partial charge in [-0.15, -0.1) is 11.8 Å². The molecule has 2 aromatic carbocycles. The van der Waals surface area contributed by atoms with Crippen LogP contribution < -0.4 is 14.4 Å². The van der Waals surface area contributed by atoms with Gasteiger partial charge in [0.05, 0.1) is 17.2 Å². The maximum atomic E-state index is 13.2. The molecule has 0 saturated heterocycles. The van der Waals surface area contributed by atoms with Crippen molar-refractivity contribution in [2.45, 2.75) is 47.9 Å². The predicted molar refractivity (Wildman–Crippen MR) is 119 cm³/mol. The maximum absolute atomic E-state index is 13.2. The van der Waals surface area contributed by atoms with Crippen molar-refractivity contribution in [2.75, 3.05) is 29.8 Å². The van der Waals surface area contributed by atoms with Gasteiger partial charge in [-0.1, -0.05) is 31.0 Å². The molecule has 2 aromatic rings. The van der Waals surface area contributed by atoms with E-state index in [0.717, 1.165) is 29.4 Å². The number of hydrogen-bond donors (Lipinski definition) is 1. The fourth-order valence-corrected chi connectivity index (χ4v) is 6.58. The van der Waals surface area contributed by atoms with Crippen LogP contribution in [-0.4, -0.2) is 39.9 Å². The lowest BCUT2D eigenvalue weighted by Crippen LogP contribution is -2.35. The maximum Gasteiger partial charge on any atom is 0.264 e. The smallest absolute Gasteiger partial charge is 0.264 e. The monoisotopic (exact) mass is 432 g/mol. The molecular weight excluding hydrogens is 404 g/mol. The first kappa shape index (κ1) is 20.6. The molecule has 0 radical (unpaired) electrons. The third kappa shape index (κ3) is 4.90. The summed E-state index contributed by atoms with van der Waals surface area (Å²) in [4.78, 5) is 1.30. The summed E-state index contributed by atoms with van der Waals surface area (Å²) < 4.78 is 33.8. The molecule has 156 valence electrons. The summed E-state index contributed by atoms with van der Waals surface area (Å²) in [5.74, 6) is 1.46. The molecule has 0 unspecified atom stereocenters. The third-order valence-corrected chi connectivity index (χ3v) is 8.33. The zero-order valence-corrected chi connectivity index (χ0v) is 18.2. The number of rotatable bonds is 8. The van der Waals surface area contributed by atoms with Crippen molar-refractivity contribution in [2.24, 2.45) is 0 Å². The highest BCUT2D eigenvalue weighted by molar-refractivity contribution is 8.00. The van der Waals surface area contributed by atoms with Crippen molar-refractivity contribution >= 4 is 27.5 Å². The summed E-state index contributed by atoms with van der Waals surface area (Å²) in [6.07, 6.45) is 6.19. The normalized spacial score (nSPS) is 17.3. The van der Waals surface area contributed by atoms with E-state index in [-0.39, 0.29) is 0 Å². The highest BCUT2D eigenvalue weighted by atomic mass is 32.2. The Morgan fingerprint density at radius 2 is 1.90 bits per heavy atom. The molecule has 1 aliphatic carbocycles.